The summed E-state index contributed by atoms with van der Waals surface area (Å²) in [5, 5.41) is 3.21. The van der Waals surface area contributed by atoms with Gasteiger partial charge < -0.3 is 19.5 Å². The maximum absolute atomic E-state index is 12.8. The molecule has 25 heavy (non-hydrogen) atoms. The van der Waals surface area contributed by atoms with Crippen molar-refractivity contribution in [1.29, 1.82) is 0 Å². The summed E-state index contributed by atoms with van der Waals surface area (Å²) in [6, 6.07) is 1.99. The number of nitrogens with one attached hydrogen (secondary N) is 1. The maximum atomic E-state index is 12.8. The Morgan fingerprint density at radius 1 is 1.20 bits per heavy atom. The summed E-state index contributed by atoms with van der Waals surface area (Å²) in [4.78, 5) is 28.0. The molecular weight excluding hydrogens is 318 g/mol. The third-order valence-corrected chi connectivity index (χ3v) is 5.26. The highest BCUT2D eigenvalue weighted by molar-refractivity contribution is 5.76. The summed E-state index contributed by atoms with van der Waals surface area (Å²) in [5.41, 5.74) is 1.21. The highest BCUT2D eigenvalue weighted by atomic mass is 16.3. The van der Waals surface area contributed by atoms with Gasteiger partial charge in [0.1, 0.15) is 11.5 Å². The summed E-state index contributed by atoms with van der Waals surface area (Å²) < 4.78 is 5.85. The molecule has 2 aliphatic rings. The van der Waals surface area contributed by atoms with E-state index in [9.17, 15) is 9.59 Å². The largest absolute Gasteiger partial charge is 0.466 e. The Bertz CT molecular complexity index is 665. The number of nitrogens with zero attached hydrogens (tertiary/aromatic N) is 2. The van der Waals surface area contributed by atoms with Crippen LogP contribution in [0.4, 0.5) is 4.79 Å². The molecular formula is C19H29N3O3. The molecule has 1 saturated heterocycles. The van der Waals surface area contributed by atoms with Gasteiger partial charge in [-0.2, -0.15) is 0 Å². The predicted molar refractivity (Wildman–Crippen MR) is 95.3 cm³/mol. The quantitative estimate of drug-likeness (QED) is 0.849. The number of amides is 3. The molecule has 1 fully saturated rings. The third kappa shape index (κ3) is 3.99. The Balaban J connectivity index is 1.69. The molecule has 1 aromatic heterocycles. The summed E-state index contributed by atoms with van der Waals surface area (Å²) in [7, 11) is 0. The van der Waals surface area contributed by atoms with E-state index in [0.29, 0.717) is 19.6 Å². The first-order chi connectivity index (χ1) is 11.7. The molecule has 1 N–H and O–H groups in total. The molecule has 0 saturated carbocycles. The van der Waals surface area contributed by atoms with Crippen molar-refractivity contribution in [2.24, 2.45) is 5.41 Å². The molecule has 0 spiro atoms. The van der Waals surface area contributed by atoms with E-state index in [-0.39, 0.29) is 23.4 Å². The average molecular weight is 347 g/mol. The van der Waals surface area contributed by atoms with E-state index in [1.165, 1.54) is 0 Å². The van der Waals surface area contributed by atoms with Crippen LogP contribution in [0.1, 0.15) is 56.7 Å². The molecule has 2 heterocycles. The van der Waals surface area contributed by atoms with Crippen LogP contribution in [0.5, 0.6) is 0 Å². The van der Waals surface area contributed by atoms with Gasteiger partial charge in [-0.3, -0.25) is 4.79 Å². The molecule has 0 aromatic carbocycles. The first kappa shape index (κ1) is 17.8. The van der Waals surface area contributed by atoms with Crippen molar-refractivity contribution in [3.8, 4) is 0 Å². The Morgan fingerprint density at radius 2 is 1.88 bits per heavy atom. The van der Waals surface area contributed by atoms with Crippen LogP contribution in [0.15, 0.2) is 10.5 Å². The summed E-state index contributed by atoms with van der Waals surface area (Å²) in [6.45, 7) is 10.6. The van der Waals surface area contributed by atoms with Crippen molar-refractivity contribution in [3.05, 3.63) is 23.2 Å². The Kier molecular flexibility index (Phi) is 4.80. The van der Waals surface area contributed by atoms with Crippen LogP contribution in [0.3, 0.4) is 0 Å². The fourth-order valence-corrected chi connectivity index (χ4v) is 3.99. The standard InChI is InChI=1S/C19H29N3O3/c1-13-10-15-16(11-19(3,4)12-17(15)25-13)20-18(24)22-7-5-6-21(8-9-22)14(2)23/h10,16H,5-9,11-12H2,1-4H3,(H,20,24). The minimum Gasteiger partial charge on any atom is -0.466 e. The first-order valence-electron chi connectivity index (χ1n) is 9.15. The zero-order valence-electron chi connectivity index (χ0n) is 15.7. The molecule has 1 aliphatic carbocycles. The van der Waals surface area contributed by atoms with Crippen LogP contribution in [-0.4, -0.2) is 47.9 Å². The molecule has 1 atom stereocenters. The van der Waals surface area contributed by atoms with Gasteiger partial charge in [0, 0.05) is 45.1 Å². The topological polar surface area (TPSA) is 65.8 Å². The summed E-state index contributed by atoms with van der Waals surface area (Å²) >= 11 is 0. The smallest absolute Gasteiger partial charge is 0.317 e. The van der Waals surface area contributed by atoms with Crippen molar-refractivity contribution in [3.63, 3.8) is 0 Å². The Hall–Kier alpha value is -1.98. The van der Waals surface area contributed by atoms with Gasteiger partial charge in [-0.25, -0.2) is 4.79 Å². The van der Waals surface area contributed by atoms with Crippen molar-refractivity contribution in [2.75, 3.05) is 26.2 Å². The number of urea groups is 1. The number of carbonyl (C=O) groups is 2. The van der Waals surface area contributed by atoms with Crippen LogP contribution >= 0.6 is 0 Å². The zero-order valence-corrected chi connectivity index (χ0v) is 15.7. The second kappa shape index (κ2) is 6.73. The fourth-order valence-electron chi connectivity index (χ4n) is 3.99. The van der Waals surface area contributed by atoms with Gasteiger partial charge in [0.25, 0.3) is 0 Å². The van der Waals surface area contributed by atoms with Gasteiger partial charge in [-0.05, 0) is 31.2 Å². The van der Waals surface area contributed by atoms with Gasteiger partial charge in [0.15, 0.2) is 0 Å². The number of furan rings is 1. The van der Waals surface area contributed by atoms with E-state index >= 15 is 0 Å². The molecule has 3 rings (SSSR count). The SMILES string of the molecule is CC(=O)N1CCCN(C(=O)NC2CC(C)(C)Cc3oc(C)cc32)CC1. The van der Waals surface area contributed by atoms with E-state index in [1.54, 1.807) is 6.92 Å². The number of hydrogen-bond donors (Lipinski definition) is 1. The molecule has 6 heteroatoms. The van der Waals surface area contributed by atoms with Crippen molar-refractivity contribution in [1.82, 2.24) is 15.1 Å². The Labute approximate surface area is 149 Å². The normalized spacial score (nSPS) is 23.0. The van der Waals surface area contributed by atoms with Crippen LogP contribution in [0, 0.1) is 12.3 Å². The van der Waals surface area contributed by atoms with E-state index in [0.717, 1.165) is 42.9 Å². The maximum Gasteiger partial charge on any atom is 0.317 e. The minimum absolute atomic E-state index is 0.0177. The lowest BCUT2D eigenvalue weighted by Crippen LogP contribution is -2.45. The van der Waals surface area contributed by atoms with Crippen LogP contribution in [-0.2, 0) is 11.2 Å². The van der Waals surface area contributed by atoms with E-state index in [2.05, 4.69) is 25.2 Å². The summed E-state index contributed by atoms with van der Waals surface area (Å²) in [5.74, 6) is 1.97. The highest BCUT2D eigenvalue weighted by Gasteiger charge is 2.36. The lowest BCUT2D eigenvalue weighted by Gasteiger charge is -2.35. The minimum atomic E-state index is -0.0436. The Morgan fingerprint density at radius 3 is 2.60 bits per heavy atom. The zero-order chi connectivity index (χ0) is 18.2. The van der Waals surface area contributed by atoms with Gasteiger partial charge in [-0.1, -0.05) is 13.8 Å². The fraction of sp³-hybridized carbons (Fsp3) is 0.684. The number of rotatable bonds is 1. The second-order valence-electron chi connectivity index (χ2n) is 8.13. The van der Waals surface area contributed by atoms with E-state index < -0.39 is 0 Å². The molecule has 1 unspecified atom stereocenters. The van der Waals surface area contributed by atoms with E-state index in [4.69, 9.17) is 4.42 Å². The number of carbonyl (C=O) groups excluding carboxylic acids is 2. The second-order valence-corrected chi connectivity index (χ2v) is 8.13. The van der Waals surface area contributed by atoms with Crippen molar-refractivity contribution >= 4 is 11.9 Å². The monoisotopic (exact) mass is 347 g/mol. The molecule has 0 radical (unpaired) electrons. The van der Waals surface area contributed by atoms with Crippen LogP contribution < -0.4 is 5.32 Å². The molecule has 1 aliphatic heterocycles. The van der Waals surface area contributed by atoms with E-state index in [1.807, 2.05) is 16.7 Å². The predicted octanol–water partition coefficient (Wildman–Crippen LogP) is 2.87. The van der Waals surface area contributed by atoms with Crippen molar-refractivity contribution < 1.29 is 14.0 Å². The molecule has 6 nitrogen and oxygen atoms in total. The summed E-state index contributed by atoms with van der Waals surface area (Å²) in [6.07, 6.45) is 2.62. The third-order valence-electron chi connectivity index (χ3n) is 5.26. The average Bonchev–Trinajstić information content (AvgIpc) is 2.72. The lowest BCUT2D eigenvalue weighted by atomic mass is 9.75. The number of fused-ring (bicyclic) bond motifs is 1. The highest BCUT2D eigenvalue weighted by Crippen LogP contribution is 2.42. The van der Waals surface area contributed by atoms with Gasteiger partial charge >= 0.3 is 6.03 Å². The molecule has 138 valence electrons. The van der Waals surface area contributed by atoms with Gasteiger partial charge in [-0.15, -0.1) is 0 Å². The first-order valence-corrected chi connectivity index (χ1v) is 9.15. The van der Waals surface area contributed by atoms with Gasteiger partial charge in [0.2, 0.25) is 5.91 Å². The van der Waals surface area contributed by atoms with Gasteiger partial charge in [0.05, 0.1) is 6.04 Å². The number of aryl methyl sites for hydroxylation is 1. The van der Waals surface area contributed by atoms with Crippen LogP contribution in [0.25, 0.3) is 0 Å². The molecule has 3 amide bonds. The lowest BCUT2D eigenvalue weighted by molar-refractivity contribution is -0.128. The van der Waals surface area contributed by atoms with Crippen LogP contribution in [0.2, 0.25) is 0 Å². The van der Waals surface area contributed by atoms with Crippen molar-refractivity contribution in [2.45, 2.75) is 53.0 Å². The molecule has 1 aromatic rings. The molecule has 0 bridgehead atoms. The number of hydrogen-bond acceptors (Lipinski definition) is 3.